The fourth-order valence-electron chi connectivity index (χ4n) is 4.63. The number of ether oxygens (including phenoxy) is 1. The molecular formula is C25H23N7O. The molecule has 1 aliphatic rings. The molecule has 0 aliphatic carbocycles. The second-order valence-electron chi connectivity index (χ2n) is 8.32. The van der Waals surface area contributed by atoms with Crippen molar-refractivity contribution in [2.75, 3.05) is 19.4 Å². The number of fused-ring (bicyclic) bond motifs is 4. The van der Waals surface area contributed by atoms with Gasteiger partial charge in [0.25, 0.3) is 0 Å². The predicted octanol–water partition coefficient (Wildman–Crippen LogP) is 3.49. The molecule has 2 N–H and O–H groups in total. The normalized spacial score (nSPS) is 14.0. The van der Waals surface area contributed by atoms with Crippen molar-refractivity contribution < 1.29 is 4.74 Å². The summed E-state index contributed by atoms with van der Waals surface area (Å²) in [6, 6.07) is 12.5. The molecule has 2 aromatic carbocycles. The van der Waals surface area contributed by atoms with Gasteiger partial charge in [0.1, 0.15) is 23.2 Å². The van der Waals surface area contributed by atoms with Gasteiger partial charge in [0.05, 0.1) is 12.8 Å². The Bertz CT molecular complexity index is 1480. The zero-order valence-electron chi connectivity index (χ0n) is 18.3. The number of hydrogen-bond donors (Lipinski definition) is 1. The van der Waals surface area contributed by atoms with Crippen LogP contribution in [0.2, 0.25) is 0 Å². The van der Waals surface area contributed by atoms with Crippen LogP contribution in [0, 0.1) is 0 Å². The van der Waals surface area contributed by atoms with E-state index in [4.69, 9.17) is 15.5 Å². The Labute approximate surface area is 190 Å². The highest BCUT2D eigenvalue weighted by Gasteiger charge is 2.19. The molecule has 0 atom stereocenters. The average Bonchev–Trinajstić information content (AvgIpc) is 3.28. The van der Waals surface area contributed by atoms with E-state index in [-0.39, 0.29) is 0 Å². The lowest BCUT2D eigenvalue weighted by Gasteiger charge is -2.28. The van der Waals surface area contributed by atoms with E-state index < -0.39 is 0 Å². The molecule has 0 amide bonds. The Hall–Kier alpha value is -4.04. The number of para-hydroxylation sites is 1. The zero-order valence-corrected chi connectivity index (χ0v) is 18.3. The first-order valence-corrected chi connectivity index (χ1v) is 10.9. The highest BCUT2D eigenvalue weighted by atomic mass is 16.5. The maximum Gasteiger partial charge on any atom is 0.206 e. The van der Waals surface area contributed by atoms with Gasteiger partial charge in [-0.3, -0.25) is 9.30 Å². The highest BCUT2D eigenvalue weighted by Crippen LogP contribution is 2.29. The minimum absolute atomic E-state index is 0.402. The van der Waals surface area contributed by atoms with Crippen LogP contribution >= 0.6 is 0 Å². The number of anilines is 1. The standard InChI is InChI=1S/C25H23N7O/c1-33-22-4-2-3-21-23(22)30-25(26)32-14-20(29-24(21)32)13-31-8-7-16-5-6-17(9-18(16)12-31)19-10-27-15-28-11-19/h2-6,9-11,14-15H,7-8,12-13H2,1H3,(H2,26,30). The fourth-order valence-corrected chi connectivity index (χ4v) is 4.63. The Morgan fingerprint density at radius 3 is 2.76 bits per heavy atom. The predicted molar refractivity (Wildman–Crippen MR) is 127 cm³/mol. The summed E-state index contributed by atoms with van der Waals surface area (Å²) in [7, 11) is 1.64. The van der Waals surface area contributed by atoms with E-state index in [0.717, 1.165) is 59.4 Å². The molecule has 0 fully saturated rings. The van der Waals surface area contributed by atoms with Gasteiger partial charge in [-0.25, -0.2) is 19.9 Å². The number of hydrogen-bond acceptors (Lipinski definition) is 7. The van der Waals surface area contributed by atoms with Gasteiger partial charge in [0, 0.05) is 49.2 Å². The SMILES string of the molecule is COc1cccc2c1nc(N)n1cc(CN3CCc4ccc(-c5cncnc5)cc4C3)nc21. The van der Waals surface area contributed by atoms with Crippen molar-refractivity contribution >= 4 is 22.5 Å². The number of benzene rings is 2. The molecule has 0 unspecified atom stereocenters. The van der Waals surface area contributed by atoms with Gasteiger partial charge >= 0.3 is 0 Å². The lowest BCUT2D eigenvalue weighted by molar-refractivity contribution is 0.243. The van der Waals surface area contributed by atoms with E-state index >= 15 is 0 Å². The number of nitrogens with zero attached hydrogens (tertiary/aromatic N) is 6. The van der Waals surface area contributed by atoms with Crippen molar-refractivity contribution in [3.05, 3.63) is 78.1 Å². The van der Waals surface area contributed by atoms with E-state index in [1.54, 1.807) is 13.4 Å². The number of methoxy groups -OCH3 is 1. The van der Waals surface area contributed by atoms with Crippen molar-refractivity contribution in [2.45, 2.75) is 19.5 Å². The molecule has 0 saturated heterocycles. The summed E-state index contributed by atoms with van der Waals surface area (Å²) < 4.78 is 7.33. The largest absolute Gasteiger partial charge is 0.494 e. The van der Waals surface area contributed by atoms with Crippen molar-refractivity contribution in [1.29, 1.82) is 0 Å². The highest BCUT2D eigenvalue weighted by molar-refractivity contribution is 5.96. The molecule has 0 spiro atoms. The van der Waals surface area contributed by atoms with Crippen LogP contribution in [0.4, 0.5) is 5.95 Å². The summed E-state index contributed by atoms with van der Waals surface area (Å²) in [5.74, 6) is 1.10. The summed E-state index contributed by atoms with van der Waals surface area (Å²) in [6.45, 7) is 2.59. The Morgan fingerprint density at radius 1 is 1.03 bits per heavy atom. The van der Waals surface area contributed by atoms with Crippen LogP contribution in [-0.4, -0.2) is 42.9 Å². The molecule has 8 heteroatoms. The van der Waals surface area contributed by atoms with Gasteiger partial charge in [-0.2, -0.15) is 0 Å². The lowest BCUT2D eigenvalue weighted by Crippen LogP contribution is -2.30. The smallest absolute Gasteiger partial charge is 0.206 e. The monoisotopic (exact) mass is 437 g/mol. The van der Waals surface area contributed by atoms with Crippen LogP contribution in [0.15, 0.2) is 61.3 Å². The molecule has 3 aromatic heterocycles. The van der Waals surface area contributed by atoms with Gasteiger partial charge in [0.15, 0.2) is 0 Å². The van der Waals surface area contributed by atoms with E-state index in [1.807, 2.05) is 41.2 Å². The van der Waals surface area contributed by atoms with Crippen LogP contribution in [0.1, 0.15) is 16.8 Å². The Morgan fingerprint density at radius 2 is 1.91 bits per heavy atom. The molecule has 164 valence electrons. The third-order valence-corrected chi connectivity index (χ3v) is 6.27. The van der Waals surface area contributed by atoms with E-state index in [9.17, 15) is 0 Å². The van der Waals surface area contributed by atoms with Crippen LogP contribution in [-0.2, 0) is 19.5 Å². The van der Waals surface area contributed by atoms with E-state index in [2.05, 4.69) is 38.1 Å². The van der Waals surface area contributed by atoms with Gasteiger partial charge < -0.3 is 10.5 Å². The molecule has 0 radical (unpaired) electrons. The first-order chi connectivity index (χ1) is 16.2. The lowest BCUT2D eigenvalue weighted by atomic mass is 9.95. The summed E-state index contributed by atoms with van der Waals surface area (Å²) >= 11 is 0. The Balaban J connectivity index is 1.31. The molecule has 6 rings (SSSR count). The molecule has 8 nitrogen and oxygen atoms in total. The molecule has 0 bridgehead atoms. The maximum absolute atomic E-state index is 6.26. The summed E-state index contributed by atoms with van der Waals surface area (Å²) in [5.41, 5.74) is 13.7. The maximum atomic E-state index is 6.26. The van der Waals surface area contributed by atoms with Crippen LogP contribution in [0.3, 0.4) is 0 Å². The number of nitrogens with two attached hydrogens (primary N) is 1. The van der Waals surface area contributed by atoms with E-state index in [0.29, 0.717) is 11.7 Å². The fraction of sp³-hybridized carbons (Fsp3) is 0.200. The molecule has 0 saturated carbocycles. The van der Waals surface area contributed by atoms with Gasteiger partial charge in [-0.15, -0.1) is 0 Å². The molecule has 33 heavy (non-hydrogen) atoms. The second-order valence-corrected chi connectivity index (χ2v) is 8.32. The zero-order chi connectivity index (χ0) is 22.4. The minimum Gasteiger partial charge on any atom is -0.494 e. The summed E-state index contributed by atoms with van der Waals surface area (Å²) in [4.78, 5) is 20.2. The van der Waals surface area contributed by atoms with Gasteiger partial charge in [-0.05, 0) is 41.3 Å². The summed E-state index contributed by atoms with van der Waals surface area (Å²) in [5, 5.41) is 0.925. The van der Waals surface area contributed by atoms with Crippen molar-refractivity contribution in [1.82, 2.24) is 29.2 Å². The quantitative estimate of drug-likeness (QED) is 0.460. The second kappa shape index (κ2) is 7.83. The van der Waals surface area contributed by atoms with Crippen LogP contribution in [0.25, 0.3) is 27.7 Å². The minimum atomic E-state index is 0.402. The number of nitrogen functional groups attached to an aromatic ring is 1. The first-order valence-electron chi connectivity index (χ1n) is 10.9. The third-order valence-electron chi connectivity index (χ3n) is 6.27. The number of imidazole rings is 1. The van der Waals surface area contributed by atoms with Crippen LogP contribution in [0.5, 0.6) is 5.75 Å². The van der Waals surface area contributed by atoms with Crippen molar-refractivity contribution in [2.24, 2.45) is 0 Å². The van der Waals surface area contributed by atoms with Crippen LogP contribution < -0.4 is 10.5 Å². The topological polar surface area (TPSA) is 94.5 Å². The van der Waals surface area contributed by atoms with Crippen molar-refractivity contribution in [3.63, 3.8) is 0 Å². The summed E-state index contributed by atoms with van der Waals surface area (Å²) in [6.07, 6.45) is 8.26. The van der Waals surface area contributed by atoms with Crippen molar-refractivity contribution in [3.8, 4) is 16.9 Å². The van der Waals surface area contributed by atoms with Gasteiger partial charge in [-0.1, -0.05) is 18.2 Å². The molecular weight excluding hydrogens is 414 g/mol. The molecule has 5 aromatic rings. The third kappa shape index (κ3) is 3.44. The van der Waals surface area contributed by atoms with Gasteiger partial charge in [0.2, 0.25) is 5.95 Å². The molecule has 1 aliphatic heterocycles. The Kier molecular flexibility index (Phi) is 4.66. The number of rotatable bonds is 4. The number of aromatic nitrogens is 5. The first kappa shape index (κ1) is 19.6. The molecule has 4 heterocycles. The average molecular weight is 438 g/mol. The van der Waals surface area contributed by atoms with E-state index in [1.165, 1.54) is 11.1 Å².